The van der Waals surface area contributed by atoms with Gasteiger partial charge in [0, 0.05) is 12.6 Å². The van der Waals surface area contributed by atoms with Crippen molar-refractivity contribution in [3.63, 3.8) is 0 Å². The second kappa shape index (κ2) is 7.35. The fourth-order valence-corrected chi connectivity index (χ4v) is 2.89. The van der Waals surface area contributed by atoms with Crippen LogP contribution in [-0.4, -0.2) is 62.6 Å². The zero-order valence-electron chi connectivity index (χ0n) is 14.4. The van der Waals surface area contributed by atoms with E-state index in [9.17, 15) is 20.3 Å². The standard InChI is InChI=1S/C16H20N6O4/c1-8(18-2)16(25)21-14-13-9(4-17)5-22(15(13)20-7-19-14)12-3-10(24)11(6-23)26-12/h5,7-8,10-12,18,23-24H,3,6H2,1-2H3,(H,19,20,21,25)/t8?,10-,11-,12-/m1/s1. The Morgan fingerprint density at radius 2 is 2.35 bits per heavy atom. The van der Waals surface area contributed by atoms with Gasteiger partial charge in [-0.1, -0.05) is 0 Å². The van der Waals surface area contributed by atoms with Crippen LogP contribution in [0.5, 0.6) is 0 Å². The summed E-state index contributed by atoms with van der Waals surface area (Å²) in [6.07, 6.45) is 0.997. The maximum atomic E-state index is 12.2. The quantitative estimate of drug-likeness (QED) is 0.558. The first-order valence-corrected chi connectivity index (χ1v) is 8.18. The Hall–Kier alpha value is -2.58. The summed E-state index contributed by atoms with van der Waals surface area (Å²) in [5.74, 6) is -0.0633. The lowest BCUT2D eigenvalue weighted by Gasteiger charge is -2.15. The van der Waals surface area contributed by atoms with Crippen LogP contribution in [0.1, 0.15) is 25.1 Å². The normalized spacial score (nSPS) is 23.7. The Labute approximate surface area is 149 Å². The van der Waals surface area contributed by atoms with Crippen LogP contribution in [0.25, 0.3) is 11.0 Å². The first-order chi connectivity index (χ1) is 12.5. The minimum Gasteiger partial charge on any atom is -0.394 e. The number of aromatic nitrogens is 3. The monoisotopic (exact) mass is 360 g/mol. The van der Waals surface area contributed by atoms with Crippen LogP contribution in [0, 0.1) is 11.3 Å². The van der Waals surface area contributed by atoms with Crippen molar-refractivity contribution in [2.45, 2.75) is 37.8 Å². The zero-order chi connectivity index (χ0) is 18.8. The summed E-state index contributed by atoms with van der Waals surface area (Å²) in [6, 6.07) is 1.63. The van der Waals surface area contributed by atoms with Gasteiger partial charge in [-0.3, -0.25) is 4.79 Å². The van der Waals surface area contributed by atoms with E-state index in [2.05, 4.69) is 26.7 Å². The number of carbonyl (C=O) groups is 1. The van der Waals surface area contributed by atoms with E-state index in [4.69, 9.17) is 4.74 Å². The topological polar surface area (TPSA) is 145 Å². The van der Waals surface area contributed by atoms with Crippen LogP contribution in [0.3, 0.4) is 0 Å². The van der Waals surface area contributed by atoms with Crippen molar-refractivity contribution in [2.24, 2.45) is 0 Å². The van der Waals surface area contributed by atoms with E-state index in [1.807, 2.05) is 0 Å². The first-order valence-electron chi connectivity index (χ1n) is 8.18. The number of nitrogens with zero attached hydrogens (tertiary/aromatic N) is 4. The highest BCUT2D eigenvalue weighted by atomic mass is 16.5. The van der Waals surface area contributed by atoms with Crippen LogP contribution in [-0.2, 0) is 9.53 Å². The summed E-state index contributed by atoms with van der Waals surface area (Å²) in [6.45, 7) is 1.40. The number of hydrogen-bond acceptors (Lipinski definition) is 8. The Balaban J connectivity index is 2.02. The van der Waals surface area contributed by atoms with E-state index in [0.717, 1.165) is 0 Å². The lowest BCUT2D eigenvalue weighted by molar-refractivity contribution is -0.117. The maximum Gasteiger partial charge on any atom is 0.242 e. The van der Waals surface area contributed by atoms with Crippen molar-refractivity contribution in [2.75, 3.05) is 19.0 Å². The van der Waals surface area contributed by atoms with Gasteiger partial charge in [0.2, 0.25) is 5.91 Å². The maximum absolute atomic E-state index is 12.2. The fraction of sp³-hybridized carbons (Fsp3) is 0.500. The lowest BCUT2D eigenvalue weighted by atomic mass is 10.2. The number of ether oxygens (including phenoxy) is 1. The van der Waals surface area contributed by atoms with E-state index < -0.39 is 24.5 Å². The molecule has 0 aliphatic carbocycles. The van der Waals surface area contributed by atoms with Crippen LogP contribution in [0.4, 0.5) is 5.82 Å². The molecule has 1 aliphatic heterocycles. The second-order valence-corrected chi connectivity index (χ2v) is 6.10. The molecule has 1 amide bonds. The Morgan fingerprint density at radius 3 is 2.96 bits per heavy atom. The summed E-state index contributed by atoms with van der Waals surface area (Å²) in [5, 5.41) is 34.6. The van der Waals surface area contributed by atoms with Crippen molar-refractivity contribution in [1.29, 1.82) is 5.26 Å². The van der Waals surface area contributed by atoms with Gasteiger partial charge in [-0.15, -0.1) is 0 Å². The van der Waals surface area contributed by atoms with Crippen molar-refractivity contribution < 1.29 is 19.7 Å². The number of carbonyl (C=O) groups excluding carboxylic acids is 1. The summed E-state index contributed by atoms with van der Waals surface area (Å²) in [4.78, 5) is 20.5. The highest BCUT2D eigenvalue weighted by Crippen LogP contribution is 2.34. The fourth-order valence-electron chi connectivity index (χ4n) is 2.89. The molecular formula is C16H20N6O4. The molecule has 10 heteroatoms. The van der Waals surface area contributed by atoms with E-state index in [-0.39, 0.29) is 30.3 Å². The van der Waals surface area contributed by atoms with Gasteiger partial charge in [-0.05, 0) is 14.0 Å². The molecule has 1 aliphatic rings. The summed E-state index contributed by atoms with van der Waals surface area (Å²) in [5.41, 5.74) is 0.679. The molecule has 26 heavy (non-hydrogen) atoms. The predicted molar refractivity (Wildman–Crippen MR) is 91.0 cm³/mol. The summed E-state index contributed by atoms with van der Waals surface area (Å²) in [7, 11) is 1.66. The molecule has 1 saturated heterocycles. The predicted octanol–water partition coefficient (Wildman–Crippen LogP) is -0.510. The molecule has 0 aromatic carbocycles. The number of fused-ring (bicyclic) bond motifs is 1. The molecule has 1 fully saturated rings. The molecule has 2 aromatic rings. The van der Waals surface area contributed by atoms with Gasteiger partial charge in [0.1, 0.15) is 36.2 Å². The molecule has 0 bridgehead atoms. The summed E-state index contributed by atoms with van der Waals surface area (Å²) >= 11 is 0. The minimum atomic E-state index is -0.814. The average molecular weight is 360 g/mol. The minimum absolute atomic E-state index is 0.231. The van der Waals surface area contributed by atoms with E-state index in [1.54, 1.807) is 24.7 Å². The number of nitrogens with one attached hydrogen (secondary N) is 2. The Bertz CT molecular complexity index is 860. The van der Waals surface area contributed by atoms with Gasteiger partial charge in [0.15, 0.2) is 0 Å². The third-order valence-electron chi connectivity index (χ3n) is 4.49. The van der Waals surface area contributed by atoms with E-state index in [1.165, 1.54) is 6.33 Å². The molecule has 1 unspecified atom stereocenters. The molecule has 4 N–H and O–H groups in total. The van der Waals surface area contributed by atoms with Crippen LogP contribution < -0.4 is 10.6 Å². The number of amides is 1. The second-order valence-electron chi connectivity index (χ2n) is 6.10. The van der Waals surface area contributed by atoms with Crippen LogP contribution >= 0.6 is 0 Å². The number of nitriles is 1. The number of likely N-dealkylation sites (N-methyl/N-ethyl adjacent to an activating group) is 1. The molecule has 10 nitrogen and oxygen atoms in total. The molecule has 0 saturated carbocycles. The molecule has 4 atom stereocenters. The van der Waals surface area contributed by atoms with Gasteiger partial charge in [0.05, 0.1) is 29.7 Å². The SMILES string of the molecule is CNC(C)C(=O)Nc1ncnc2c1c(C#N)cn2[C@H]1C[C@@H](O)[C@@H](CO)O1. The first kappa shape index (κ1) is 18.2. The number of aliphatic hydroxyl groups excluding tert-OH is 2. The van der Waals surface area contributed by atoms with Gasteiger partial charge >= 0.3 is 0 Å². The molecule has 2 aromatic heterocycles. The molecule has 3 heterocycles. The van der Waals surface area contributed by atoms with E-state index >= 15 is 0 Å². The molecular weight excluding hydrogens is 340 g/mol. The molecule has 0 radical (unpaired) electrons. The average Bonchev–Trinajstić information content (AvgIpc) is 3.21. The van der Waals surface area contributed by atoms with Gasteiger partial charge in [0.25, 0.3) is 0 Å². The number of rotatable bonds is 5. The van der Waals surface area contributed by atoms with Crippen molar-refractivity contribution in [1.82, 2.24) is 19.9 Å². The van der Waals surface area contributed by atoms with Crippen molar-refractivity contribution in [3.8, 4) is 6.07 Å². The highest BCUT2D eigenvalue weighted by Gasteiger charge is 2.35. The lowest BCUT2D eigenvalue weighted by Crippen LogP contribution is -2.35. The van der Waals surface area contributed by atoms with Gasteiger partial charge in [-0.2, -0.15) is 5.26 Å². The third kappa shape index (κ3) is 3.13. The van der Waals surface area contributed by atoms with Gasteiger partial charge < -0.3 is 30.2 Å². The Kier molecular flexibility index (Phi) is 5.15. The Morgan fingerprint density at radius 1 is 1.58 bits per heavy atom. The van der Waals surface area contributed by atoms with Gasteiger partial charge in [-0.25, -0.2) is 9.97 Å². The van der Waals surface area contributed by atoms with Crippen LogP contribution in [0.2, 0.25) is 0 Å². The number of aliphatic hydroxyl groups is 2. The number of hydrogen-bond donors (Lipinski definition) is 4. The highest BCUT2D eigenvalue weighted by molar-refractivity contribution is 6.02. The summed E-state index contributed by atoms with van der Waals surface area (Å²) < 4.78 is 7.26. The molecule has 138 valence electrons. The van der Waals surface area contributed by atoms with E-state index in [0.29, 0.717) is 11.0 Å². The smallest absolute Gasteiger partial charge is 0.242 e. The largest absolute Gasteiger partial charge is 0.394 e. The molecule has 0 spiro atoms. The molecule has 3 rings (SSSR count). The third-order valence-corrected chi connectivity index (χ3v) is 4.49. The zero-order valence-corrected chi connectivity index (χ0v) is 14.4. The number of anilines is 1. The van der Waals surface area contributed by atoms with Crippen molar-refractivity contribution >= 4 is 22.8 Å². The van der Waals surface area contributed by atoms with Crippen molar-refractivity contribution in [3.05, 3.63) is 18.1 Å². The van der Waals surface area contributed by atoms with Crippen LogP contribution in [0.15, 0.2) is 12.5 Å².